The van der Waals surface area contributed by atoms with Crippen molar-refractivity contribution in [2.45, 2.75) is 46.1 Å². The van der Waals surface area contributed by atoms with E-state index in [0.29, 0.717) is 5.92 Å². The predicted molar refractivity (Wildman–Crippen MR) is 59.2 cm³/mol. The lowest BCUT2D eigenvalue weighted by molar-refractivity contribution is -0.708. The summed E-state index contributed by atoms with van der Waals surface area (Å²) in [6.07, 6.45) is 7.70. The normalized spacial score (nSPS) is 12.6. The third-order valence-corrected chi connectivity index (χ3v) is 2.86. The molecule has 1 aromatic rings. The third-order valence-electron chi connectivity index (χ3n) is 2.86. The van der Waals surface area contributed by atoms with Gasteiger partial charge in [-0.3, -0.25) is 0 Å². The summed E-state index contributed by atoms with van der Waals surface area (Å²) >= 11 is 0. The minimum atomic E-state index is -1.00. The Morgan fingerprint density at radius 3 is 2.88 bits per heavy atom. The maximum absolute atomic E-state index is 10.9. The molecule has 1 heterocycles. The summed E-state index contributed by atoms with van der Waals surface area (Å²) in [5, 5.41) is 8.90. The maximum atomic E-state index is 10.9. The van der Waals surface area contributed by atoms with E-state index in [0.717, 1.165) is 19.4 Å². The van der Waals surface area contributed by atoms with Gasteiger partial charge in [-0.15, -0.1) is 0 Å². The minimum Gasteiger partial charge on any atom is -0.471 e. The van der Waals surface area contributed by atoms with Crippen molar-refractivity contribution in [2.75, 3.05) is 0 Å². The number of aromatic nitrogens is 1. The van der Waals surface area contributed by atoms with Crippen molar-refractivity contribution in [3.63, 3.8) is 0 Å². The van der Waals surface area contributed by atoms with Crippen LogP contribution in [0.4, 0.5) is 0 Å². The zero-order valence-corrected chi connectivity index (χ0v) is 9.98. The monoisotopic (exact) mass is 226 g/mol. The molecule has 0 aromatic carbocycles. The highest BCUT2D eigenvalue weighted by molar-refractivity contribution is 5.80. The van der Waals surface area contributed by atoms with Crippen molar-refractivity contribution in [1.82, 2.24) is 0 Å². The summed E-state index contributed by atoms with van der Waals surface area (Å²) in [5.74, 6) is -0.453. The van der Waals surface area contributed by atoms with E-state index in [1.165, 1.54) is 19.1 Å². The molecule has 0 aliphatic carbocycles. The molecule has 4 heteroatoms. The van der Waals surface area contributed by atoms with Gasteiger partial charge in [0.1, 0.15) is 0 Å². The van der Waals surface area contributed by atoms with Gasteiger partial charge in [-0.1, -0.05) is 26.7 Å². The summed E-state index contributed by atoms with van der Waals surface area (Å²) in [4.78, 5) is 10.9. The van der Waals surface area contributed by atoms with E-state index in [4.69, 9.17) is 9.52 Å². The molecule has 0 aliphatic heterocycles. The first-order valence-electron chi connectivity index (χ1n) is 5.89. The zero-order valence-electron chi connectivity index (χ0n) is 9.98. The van der Waals surface area contributed by atoms with Crippen LogP contribution in [0.15, 0.2) is 16.9 Å². The SMILES string of the molecule is CCCCC(CC)C[n+]1ccoc1C(=O)O. The van der Waals surface area contributed by atoms with Crippen molar-refractivity contribution < 1.29 is 18.9 Å². The summed E-state index contributed by atoms with van der Waals surface area (Å²) in [5.41, 5.74) is 0. The Labute approximate surface area is 95.9 Å². The molecule has 0 saturated heterocycles. The summed E-state index contributed by atoms with van der Waals surface area (Å²) in [6.45, 7) is 5.04. The van der Waals surface area contributed by atoms with Gasteiger partial charge in [0.25, 0.3) is 0 Å². The fourth-order valence-corrected chi connectivity index (χ4v) is 1.82. The van der Waals surface area contributed by atoms with Crippen molar-refractivity contribution in [2.24, 2.45) is 5.92 Å². The van der Waals surface area contributed by atoms with Crippen LogP contribution in [0.1, 0.15) is 50.2 Å². The Balaban J connectivity index is 2.62. The van der Waals surface area contributed by atoms with Gasteiger partial charge in [-0.05, 0) is 12.8 Å². The number of nitrogens with zero attached hydrogens (tertiary/aromatic N) is 1. The number of carbonyl (C=O) groups is 1. The Hall–Kier alpha value is -1.32. The molecule has 0 radical (unpaired) electrons. The molecule has 1 aromatic heterocycles. The van der Waals surface area contributed by atoms with E-state index in [1.54, 1.807) is 10.8 Å². The molecule has 1 N–H and O–H groups in total. The number of oxazole rings is 1. The van der Waals surface area contributed by atoms with Gasteiger partial charge < -0.3 is 9.52 Å². The van der Waals surface area contributed by atoms with Crippen LogP contribution in [0.5, 0.6) is 0 Å². The van der Waals surface area contributed by atoms with Gasteiger partial charge >= 0.3 is 11.9 Å². The van der Waals surface area contributed by atoms with Gasteiger partial charge in [0.2, 0.25) is 6.20 Å². The van der Waals surface area contributed by atoms with Gasteiger partial charge in [-0.25, -0.2) is 4.79 Å². The average molecular weight is 226 g/mol. The minimum absolute atomic E-state index is 0.0231. The van der Waals surface area contributed by atoms with Crippen LogP contribution < -0.4 is 4.57 Å². The van der Waals surface area contributed by atoms with E-state index < -0.39 is 5.97 Å². The Kier molecular flexibility index (Phi) is 5.02. The second-order valence-electron chi connectivity index (χ2n) is 4.08. The van der Waals surface area contributed by atoms with Crippen LogP contribution in [-0.2, 0) is 6.54 Å². The second kappa shape index (κ2) is 6.30. The molecule has 90 valence electrons. The summed E-state index contributed by atoms with van der Waals surface area (Å²) in [6, 6.07) is 0. The Morgan fingerprint density at radius 1 is 1.56 bits per heavy atom. The highest BCUT2D eigenvalue weighted by Crippen LogP contribution is 2.13. The summed E-state index contributed by atoms with van der Waals surface area (Å²) in [7, 11) is 0. The fourth-order valence-electron chi connectivity index (χ4n) is 1.82. The lowest BCUT2D eigenvalue weighted by Crippen LogP contribution is -2.40. The highest BCUT2D eigenvalue weighted by atomic mass is 16.4. The van der Waals surface area contributed by atoms with Crippen molar-refractivity contribution in [3.05, 3.63) is 18.4 Å². The van der Waals surface area contributed by atoms with Gasteiger partial charge in [0.05, 0.1) is 0 Å². The first-order valence-corrected chi connectivity index (χ1v) is 5.89. The van der Waals surface area contributed by atoms with Crippen molar-refractivity contribution in [1.29, 1.82) is 0 Å². The van der Waals surface area contributed by atoms with Gasteiger partial charge in [-0.2, -0.15) is 4.57 Å². The number of carboxylic acids is 1. The second-order valence-corrected chi connectivity index (χ2v) is 4.08. The Morgan fingerprint density at radius 2 is 2.31 bits per heavy atom. The lowest BCUT2D eigenvalue weighted by atomic mass is 9.99. The third kappa shape index (κ3) is 3.36. The molecule has 0 saturated carbocycles. The molecule has 1 atom stereocenters. The van der Waals surface area contributed by atoms with E-state index in [9.17, 15) is 4.79 Å². The van der Waals surface area contributed by atoms with Crippen molar-refractivity contribution >= 4 is 5.97 Å². The largest absolute Gasteiger partial charge is 0.471 e. The number of hydrogen-bond donors (Lipinski definition) is 1. The van der Waals surface area contributed by atoms with E-state index >= 15 is 0 Å². The smallest absolute Gasteiger partial charge is 0.461 e. The number of hydrogen-bond acceptors (Lipinski definition) is 2. The molecule has 1 unspecified atom stereocenters. The summed E-state index contributed by atoms with van der Waals surface area (Å²) < 4.78 is 6.63. The highest BCUT2D eigenvalue weighted by Gasteiger charge is 2.25. The quantitative estimate of drug-likeness (QED) is 0.727. The number of aromatic carboxylic acids is 1. The Bertz CT molecular complexity index is 333. The molecule has 0 aliphatic rings. The topological polar surface area (TPSA) is 54.3 Å². The fraction of sp³-hybridized carbons (Fsp3) is 0.667. The van der Waals surface area contributed by atoms with E-state index in [1.807, 2.05) is 0 Å². The van der Waals surface area contributed by atoms with Crippen LogP contribution in [0.2, 0.25) is 0 Å². The first kappa shape index (κ1) is 12.7. The van der Waals surface area contributed by atoms with Crippen LogP contribution >= 0.6 is 0 Å². The maximum Gasteiger partial charge on any atom is 0.461 e. The van der Waals surface area contributed by atoms with Crippen molar-refractivity contribution in [3.8, 4) is 0 Å². The molecule has 0 bridgehead atoms. The molecule has 0 spiro atoms. The molecular weight excluding hydrogens is 206 g/mol. The molecule has 0 amide bonds. The number of rotatable bonds is 7. The van der Waals surface area contributed by atoms with Crippen LogP contribution in [0.3, 0.4) is 0 Å². The van der Waals surface area contributed by atoms with Gasteiger partial charge in [0.15, 0.2) is 12.8 Å². The lowest BCUT2D eigenvalue weighted by Gasteiger charge is -2.09. The number of carboxylic acid groups (broad SMARTS) is 1. The average Bonchev–Trinajstić information content (AvgIpc) is 2.72. The van der Waals surface area contributed by atoms with Crippen LogP contribution in [-0.4, -0.2) is 11.1 Å². The molecule has 1 rings (SSSR count). The molecule has 0 fully saturated rings. The van der Waals surface area contributed by atoms with Gasteiger partial charge in [0, 0.05) is 5.92 Å². The molecule has 4 nitrogen and oxygen atoms in total. The standard InChI is InChI=1S/C12H19NO3/c1-3-5-6-10(4-2)9-13-7-8-16-11(13)12(14)15/h7-8,10H,3-6,9H2,1-2H3/p+1. The van der Waals surface area contributed by atoms with E-state index in [-0.39, 0.29) is 5.89 Å². The predicted octanol–water partition coefficient (Wildman–Crippen LogP) is 2.48. The molecular formula is C12H20NO3+. The van der Waals surface area contributed by atoms with Crippen LogP contribution in [0.25, 0.3) is 0 Å². The zero-order chi connectivity index (χ0) is 12.0. The molecule has 16 heavy (non-hydrogen) atoms. The van der Waals surface area contributed by atoms with Crippen LogP contribution in [0, 0.1) is 5.92 Å². The first-order chi connectivity index (χ1) is 7.69. The number of unbranched alkanes of at least 4 members (excludes halogenated alkanes) is 1. The van der Waals surface area contributed by atoms with E-state index in [2.05, 4.69) is 13.8 Å².